The number of unbranched alkanes of at least 4 members (excludes halogenated alkanes) is 4. The summed E-state index contributed by atoms with van der Waals surface area (Å²) in [5, 5.41) is 3.90. The van der Waals surface area contributed by atoms with Crippen molar-refractivity contribution in [2.75, 3.05) is 81.3 Å². The fraction of sp³-hybridized carbons (Fsp3) is 0.347. The molecule has 14 rings (SSSR count). The smallest absolute Gasteiger partial charge is 0.306 e. The molecule has 2 aliphatic carbocycles. The molecule has 20 nitrogen and oxygen atoms in total. The van der Waals surface area contributed by atoms with E-state index in [2.05, 4.69) is 72.8 Å². The van der Waals surface area contributed by atoms with E-state index in [4.69, 9.17) is 66.3 Å². The molecule has 2 atom stereocenters. The molecule has 0 amide bonds. The van der Waals surface area contributed by atoms with Crippen LogP contribution in [0.2, 0.25) is 0 Å². The molecule has 0 spiro atoms. The summed E-state index contributed by atoms with van der Waals surface area (Å²) in [7, 11) is 6.57. The molecule has 0 radical (unpaired) electrons. The SMILES string of the molecule is CCC(CC)(COC(=O)CCCCCOC(=O)CCC(=O)OCCOC1(C)c2ccccc2-c2c1c1c(c3ccccc23)OC(c2ccc(OC)cc2)(c2ccc(OC)cc2)C=C1)COC(=O)CCCCCOC(=O)CCC(=O)OCCOC1(C)c2ccccc2-c2c1c1c(c3ccccc23)OC(c2ccc(OC)cc2)(c2ccc(OC)cc2)C=C1. The molecule has 4 aliphatic rings. The van der Waals surface area contributed by atoms with Crippen LogP contribution < -0.4 is 28.4 Å². The maximum Gasteiger partial charge on any atom is 0.306 e. The van der Waals surface area contributed by atoms with Crippen LogP contribution in [-0.2, 0) is 89.1 Å². The van der Waals surface area contributed by atoms with Crippen molar-refractivity contribution in [2.45, 2.75) is 140 Å². The first-order valence-corrected chi connectivity index (χ1v) is 41.8. The van der Waals surface area contributed by atoms with Crippen molar-refractivity contribution in [3.05, 3.63) is 262 Å². The Bertz CT molecular complexity index is 5040. The Labute approximate surface area is 706 Å². The van der Waals surface area contributed by atoms with Crippen LogP contribution in [-0.4, -0.2) is 117 Å². The summed E-state index contributed by atoms with van der Waals surface area (Å²) in [6.45, 7) is 8.49. The Morgan fingerprint density at radius 2 is 0.636 bits per heavy atom. The summed E-state index contributed by atoms with van der Waals surface area (Å²) in [6, 6.07) is 64.5. The van der Waals surface area contributed by atoms with Crippen molar-refractivity contribution in [3.8, 4) is 56.8 Å². The van der Waals surface area contributed by atoms with Crippen LogP contribution in [0.25, 0.3) is 56.0 Å². The largest absolute Gasteiger partial charge is 0.497 e. The van der Waals surface area contributed by atoms with Gasteiger partial charge in [0.1, 0.15) is 72.1 Å². The van der Waals surface area contributed by atoms with Gasteiger partial charge in [-0.3, -0.25) is 28.8 Å². The standard InChI is InChI=1S/C101H104O20/c1-9-99(10-2,65-116-85(102)33-13-11-23-59-112-87(104)51-53-89(106)114-61-63-118-97(3)83-31-21-19-29-79(83)91-75-25-15-17-27-77(75)95-81(93(91)97)55-57-100(120-95,67-35-43-71(108-5)44-36-67)68-37-45-72(109-6)46-38-68)66-117-86(103)34-14-12-24-60-113-88(105)52-54-90(107)115-62-64-119-98(4)84-32-22-20-30-80(84)92-76-26-16-18-28-78(76)96-82(94(92)98)56-58-101(121-96,69-39-47-73(110-7)48-40-69)70-41-49-74(111-8)50-42-70/h15-22,25-32,35-50,55-58H,9-14,23-24,33-34,51-54,59-66H2,1-8H3. The number of fused-ring (bicyclic) bond motifs is 16. The molecule has 0 fully saturated rings. The van der Waals surface area contributed by atoms with E-state index in [1.54, 1.807) is 28.4 Å². The number of benzene rings is 10. The van der Waals surface area contributed by atoms with Gasteiger partial charge in [0.05, 0.1) is 80.6 Å². The highest BCUT2D eigenvalue weighted by molar-refractivity contribution is 6.10. The first kappa shape index (κ1) is 85.2. The number of carbonyl (C=O) groups is 6. The summed E-state index contributed by atoms with van der Waals surface area (Å²) >= 11 is 0. The van der Waals surface area contributed by atoms with Gasteiger partial charge in [-0.25, -0.2) is 0 Å². The van der Waals surface area contributed by atoms with Crippen LogP contribution in [0.5, 0.6) is 34.5 Å². The first-order valence-electron chi connectivity index (χ1n) is 41.8. The van der Waals surface area contributed by atoms with E-state index < -0.39 is 51.7 Å². The number of carbonyl (C=O) groups excluding carboxylic acids is 6. The molecule has 0 aromatic heterocycles. The number of esters is 6. The van der Waals surface area contributed by atoms with Crippen LogP contribution in [0.4, 0.5) is 0 Å². The summed E-state index contributed by atoms with van der Waals surface area (Å²) in [5.74, 6) is 1.38. The maximum absolute atomic E-state index is 13.1. The lowest BCUT2D eigenvalue weighted by atomic mass is 9.80. The fourth-order valence-electron chi connectivity index (χ4n) is 17.1. The zero-order valence-electron chi connectivity index (χ0n) is 70.0. The summed E-state index contributed by atoms with van der Waals surface area (Å²) in [6.07, 6.45) is 12.6. The van der Waals surface area contributed by atoms with Gasteiger partial charge in [-0.15, -0.1) is 0 Å². The predicted octanol–water partition coefficient (Wildman–Crippen LogP) is 19.7. The van der Waals surface area contributed by atoms with E-state index >= 15 is 0 Å². The van der Waals surface area contributed by atoms with E-state index in [1.807, 2.05) is 173 Å². The Morgan fingerprint density at radius 3 is 0.967 bits per heavy atom. The summed E-state index contributed by atoms with van der Waals surface area (Å²) < 4.78 is 84.5. The van der Waals surface area contributed by atoms with Crippen LogP contribution in [0, 0.1) is 5.41 Å². The van der Waals surface area contributed by atoms with E-state index in [-0.39, 0.29) is 103 Å². The van der Waals surface area contributed by atoms with Crippen molar-refractivity contribution in [2.24, 2.45) is 5.41 Å². The quantitative estimate of drug-likeness (QED) is 0.0197. The zero-order chi connectivity index (χ0) is 84.7. The van der Waals surface area contributed by atoms with Gasteiger partial charge in [-0.2, -0.15) is 0 Å². The maximum atomic E-state index is 13.1. The monoisotopic (exact) mass is 1640 g/mol. The third-order valence-corrected chi connectivity index (χ3v) is 24.1. The highest BCUT2D eigenvalue weighted by Crippen LogP contribution is 2.61. The molecule has 10 aromatic carbocycles. The average molecular weight is 1640 g/mol. The summed E-state index contributed by atoms with van der Waals surface area (Å²) in [4.78, 5) is 77.6. The van der Waals surface area contributed by atoms with Crippen LogP contribution >= 0.6 is 0 Å². The minimum absolute atomic E-state index is 0.0515. The molecular weight excluding hydrogens is 1530 g/mol. The van der Waals surface area contributed by atoms with Gasteiger partial charge in [0.15, 0.2) is 11.2 Å². The third-order valence-electron chi connectivity index (χ3n) is 24.1. The van der Waals surface area contributed by atoms with Gasteiger partial charge in [0, 0.05) is 73.5 Å². The van der Waals surface area contributed by atoms with Crippen molar-refractivity contribution in [1.82, 2.24) is 0 Å². The van der Waals surface area contributed by atoms with Crippen molar-refractivity contribution < 1.29 is 95.1 Å². The van der Waals surface area contributed by atoms with Crippen LogP contribution in [0.1, 0.15) is 173 Å². The Hall–Kier alpha value is -12.3. The number of methoxy groups -OCH3 is 4. The molecular formula is C101H104O20. The molecule has 0 saturated heterocycles. The van der Waals surface area contributed by atoms with Gasteiger partial charge < -0.3 is 66.3 Å². The number of rotatable bonds is 40. The third kappa shape index (κ3) is 17.9. The second kappa shape index (κ2) is 38.0. The lowest BCUT2D eigenvalue weighted by molar-refractivity contribution is -0.155. The molecule has 0 N–H and O–H groups in total. The normalized spacial score (nSPS) is 15.9. The zero-order valence-corrected chi connectivity index (χ0v) is 70.0. The molecule has 0 bridgehead atoms. The van der Waals surface area contributed by atoms with E-state index in [0.717, 1.165) is 122 Å². The molecule has 20 heteroatoms. The van der Waals surface area contributed by atoms with Crippen LogP contribution in [0.15, 0.2) is 206 Å². The molecule has 628 valence electrons. The van der Waals surface area contributed by atoms with Gasteiger partial charge >= 0.3 is 35.8 Å². The number of hydrogen-bond acceptors (Lipinski definition) is 20. The Balaban J connectivity index is 0.463. The fourth-order valence-corrected chi connectivity index (χ4v) is 17.1. The minimum Gasteiger partial charge on any atom is -0.497 e. The van der Waals surface area contributed by atoms with Gasteiger partial charge in [0.2, 0.25) is 0 Å². The van der Waals surface area contributed by atoms with Gasteiger partial charge in [0.25, 0.3) is 0 Å². The molecule has 2 aliphatic heterocycles. The molecule has 2 unspecified atom stereocenters. The van der Waals surface area contributed by atoms with Gasteiger partial charge in [-0.05, 0) is 170 Å². The first-order chi connectivity index (χ1) is 58.8. The van der Waals surface area contributed by atoms with Crippen molar-refractivity contribution in [3.63, 3.8) is 0 Å². The van der Waals surface area contributed by atoms with E-state index in [0.29, 0.717) is 62.9 Å². The lowest BCUT2D eigenvalue weighted by Gasteiger charge is -2.39. The Morgan fingerprint density at radius 1 is 0.331 bits per heavy atom. The Kier molecular flexibility index (Phi) is 26.7. The molecule has 121 heavy (non-hydrogen) atoms. The molecule has 2 heterocycles. The summed E-state index contributed by atoms with van der Waals surface area (Å²) in [5.41, 5.74) is 8.74. The number of ether oxygens (including phenoxy) is 14. The van der Waals surface area contributed by atoms with Crippen LogP contribution in [0.3, 0.4) is 0 Å². The van der Waals surface area contributed by atoms with E-state index in [9.17, 15) is 28.8 Å². The number of hydrogen-bond donors (Lipinski definition) is 0. The van der Waals surface area contributed by atoms with E-state index in [1.165, 1.54) is 0 Å². The second-order valence-electron chi connectivity index (χ2n) is 31.2. The minimum atomic E-state index is -1.03. The average Bonchev–Trinajstić information content (AvgIpc) is 1.56. The van der Waals surface area contributed by atoms with Crippen molar-refractivity contribution >= 4 is 69.5 Å². The second-order valence-corrected chi connectivity index (χ2v) is 31.2. The lowest BCUT2D eigenvalue weighted by Crippen LogP contribution is -2.35. The van der Waals surface area contributed by atoms with Gasteiger partial charge in [-0.1, -0.05) is 172 Å². The highest BCUT2D eigenvalue weighted by Gasteiger charge is 2.50. The topological polar surface area (TPSA) is 232 Å². The highest BCUT2D eigenvalue weighted by atomic mass is 16.6. The molecule has 10 aromatic rings. The molecule has 0 saturated carbocycles. The van der Waals surface area contributed by atoms with Crippen molar-refractivity contribution in [1.29, 1.82) is 0 Å². The predicted molar refractivity (Wildman–Crippen MR) is 461 cm³/mol.